The van der Waals surface area contributed by atoms with Crippen LogP contribution in [0.15, 0.2) is 17.3 Å². The molecule has 3 nitrogen and oxygen atoms in total. The highest BCUT2D eigenvalue weighted by Gasteiger charge is 2.16. The molecule has 0 spiro atoms. The number of nitrogens with zero attached hydrogens (tertiary/aromatic N) is 1. The van der Waals surface area contributed by atoms with Crippen LogP contribution < -0.4 is 5.73 Å². The summed E-state index contributed by atoms with van der Waals surface area (Å²) in [5.41, 5.74) is 8.28. The molecule has 0 bridgehead atoms. The lowest BCUT2D eigenvalue weighted by Crippen LogP contribution is -2.18. The van der Waals surface area contributed by atoms with Crippen molar-refractivity contribution < 1.29 is 4.74 Å². The molecule has 2 atom stereocenters. The van der Waals surface area contributed by atoms with Crippen molar-refractivity contribution in [2.24, 2.45) is 5.73 Å². The highest BCUT2D eigenvalue weighted by Crippen LogP contribution is 2.25. The number of hydrogen-bond donors (Lipinski definition) is 1. The minimum absolute atomic E-state index is 0.191. The Hall–Kier alpha value is -0.580. The second-order valence-electron chi connectivity index (χ2n) is 5.09. The zero-order chi connectivity index (χ0) is 13.0. The molecule has 0 amide bonds. The molecular weight excluding hydrogens is 244 g/mol. The Morgan fingerprint density at radius 2 is 2.44 bits per heavy atom. The topological polar surface area (TPSA) is 48.1 Å². The monoisotopic (exact) mass is 266 g/mol. The van der Waals surface area contributed by atoms with Crippen LogP contribution in [0.2, 0.25) is 0 Å². The van der Waals surface area contributed by atoms with Gasteiger partial charge in [-0.2, -0.15) is 0 Å². The van der Waals surface area contributed by atoms with Gasteiger partial charge in [-0.3, -0.25) is 0 Å². The third-order valence-electron chi connectivity index (χ3n) is 3.07. The van der Waals surface area contributed by atoms with Crippen LogP contribution in [0.1, 0.15) is 30.9 Å². The van der Waals surface area contributed by atoms with Crippen LogP contribution in [-0.4, -0.2) is 29.5 Å². The summed E-state index contributed by atoms with van der Waals surface area (Å²) in [6.07, 6.45) is 5.65. The number of hydrogen-bond acceptors (Lipinski definition) is 4. The second kappa shape index (κ2) is 6.55. The average Bonchev–Trinajstić information content (AvgIpc) is 2.80. The number of aromatic nitrogens is 1. The van der Waals surface area contributed by atoms with Gasteiger partial charge in [0.2, 0.25) is 0 Å². The molecule has 0 aliphatic carbocycles. The summed E-state index contributed by atoms with van der Waals surface area (Å²) < 4.78 is 5.63. The highest BCUT2D eigenvalue weighted by atomic mass is 32.2. The minimum atomic E-state index is 0.191. The first kappa shape index (κ1) is 13.8. The van der Waals surface area contributed by atoms with Crippen molar-refractivity contribution in [3.05, 3.63) is 23.4 Å². The van der Waals surface area contributed by atoms with E-state index in [2.05, 4.69) is 18.0 Å². The molecule has 2 rings (SSSR count). The zero-order valence-electron chi connectivity index (χ0n) is 11.2. The van der Waals surface area contributed by atoms with Crippen LogP contribution in [0.5, 0.6) is 0 Å². The van der Waals surface area contributed by atoms with E-state index in [0.717, 1.165) is 23.8 Å². The maximum Gasteiger partial charge on any atom is 0.0990 e. The number of aryl methyl sites for hydroxylation is 1. The van der Waals surface area contributed by atoms with Crippen molar-refractivity contribution in [2.45, 2.75) is 50.3 Å². The third kappa shape index (κ3) is 3.97. The number of nitrogens with two attached hydrogens (primary N) is 1. The average molecular weight is 266 g/mol. The lowest BCUT2D eigenvalue weighted by Gasteiger charge is -2.11. The molecular formula is C14H22N2OS. The molecule has 0 radical (unpaired) electrons. The molecule has 4 heteroatoms. The molecule has 2 unspecified atom stereocenters. The highest BCUT2D eigenvalue weighted by molar-refractivity contribution is 7.99. The van der Waals surface area contributed by atoms with Gasteiger partial charge in [-0.15, -0.1) is 11.8 Å². The molecule has 1 aromatic heterocycles. The van der Waals surface area contributed by atoms with E-state index < -0.39 is 0 Å². The summed E-state index contributed by atoms with van der Waals surface area (Å²) in [7, 11) is 0. The van der Waals surface area contributed by atoms with Gasteiger partial charge in [0.1, 0.15) is 0 Å². The standard InChI is InChI=1S/C14H22N2OS/c1-10-6-12(7-11(2)15)8-16-14(10)18-9-13-4-3-5-17-13/h6,8,11,13H,3-5,7,9,15H2,1-2H3. The fraction of sp³-hybridized carbons (Fsp3) is 0.643. The second-order valence-corrected chi connectivity index (χ2v) is 6.10. The lowest BCUT2D eigenvalue weighted by atomic mass is 10.1. The van der Waals surface area contributed by atoms with Gasteiger partial charge < -0.3 is 10.5 Å². The van der Waals surface area contributed by atoms with Gasteiger partial charge in [0.25, 0.3) is 0 Å². The fourth-order valence-corrected chi connectivity index (χ4v) is 3.22. The van der Waals surface area contributed by atoms with Crippen molar-refractivity contribution in [3.8, 4) is 0 Å². The summed E-state index contributed by atoms with van der Waals surface area (Å²) in [4.78, 5) is 4.54. The molecule has 2 N–H and O–H groups in total. The van der Waals surface area contributed by atoms with Gasteiger partial charge in [0, 0.05) is 24.6 Å². The molecule has 1 aliphatic heterocycles. The van der Waals surface area contributed by atoms with E-state index in [0.29, 0.717) is 6.10 Å². The first-order valence-electron chi connectivity index (χ1n) is 6.60. The SMILES string of the molecule is Cc1cc(CC(C)N)cnc1SCC1CCCO1. The molecule has 1 saturated heterocycles. The van der Waals surface area contributed by atoms with Gasteiger partial charge in [0.15, 0.2) is 0 Å². The lowest BCUT2D eigenvalue weighted by molar-refractivity contribution is 0.129. The molecule has 1 fully saturated rings. The zero-order valence-corrected chi connectivity index (χ0v) is 12.0. The number of pyridine rings is 1. The Balaban J connectivity index is 1.92. The Morgan fingerprint density at radius 1 is 1.61 bits per heavy atom. The summed E-state index contributed by atoms with van der Waals surface area (Å²) in [6, 6.07) is 2.39. The van der Waals surface area contributed by atoms with E-state index in [1.807, 2.05) is 13.1 Å². The summed E-state index contributed by atoms with van der Waals surface area (Å²) in [5, 5.41) is 1.12. The first-order chi connectivity index (χ1) is 8.65. The van der Waals surface area contributed by atoms with Crippen LogP contribution >= 0.6 is 11.8 Å². The Morgan fingerprint density at radius 3 is 3.06 bits per heavy atom. The number of thioether (sulfide) groups is 1. The molecule has 18 heavy (non-hydrogen) atoms. The van der Waals surface area contributed by atoms with Crippen LogP contribution in [0.4, 0.5) is 0 Å². The fourth-order valence-electron chi connectivity index (χ4n) is 2.20. The van der Waals surface area contributed by atoms with Gasteiger partial charge in [-0.1, -0.05) is 6.07 Å². The molecule has 0 aromatic carbocycles. The van der Waals surface area contributed by atoms with Crippen LogP contribution in [0.25, 0.3) is 0 Å². The van der Waals surface area contributed by atoms with Crippen molar-refractivity contribution in [2.75, 3.05) is 12.4 Å². The largest absolute Gasteiger partial charge is 0.377 e. The molecule has 100 valence electrons. The summed E-state index contributed by atoms with van der Waals surface area (Å²) in [5.74, 6) is 1.01. The normalized spacial score (nSPS) is 21.2. The molecule has 1 aliphatic rings. The third-order valence-corrected chi connectivity index (χ3v) is 4.31. The van der Waals surface area contributed by atoms with Gasteiger partial charge in [-0.05, 0) is 44.2 Å². The Labute approximate surface area is 114 Å². The van der Waals surface area contributed by atoms with Crippen molar-refractivity contribution in [1.82, 2.24) is 4.98 Å². The minimum Gasteiger partial charge on any atom is -0.377 e. The van der Waals surface area contributed by atoms with E-state index in [1.165, 1.54) is 24.0 Å². The summed E-state index contributed by atoms with van der Waals surface area (Å²) in [6.45, 7) is 5.07. The van der Waals surface area contributed by atoms with E-state index in [-0.39, 0.29) is 6.04 Å². The quantitative estimate of drug-likeness (QED) is 0.832. The van der Waals surface area contributed by atoms with Crippen molar-refractivity contribution >= 4 is 11.8 Å². The van der Waals surface area contributed by atoms with Crippen LogP contribution in [-0.2, 0) is 11.2 Å². The van der Waals surface area contributed by atoms with Crippen molar-refractivity contribution in [3.63, 3.8) is 0 Å². The first-order valence-corrected chi connectivity index (χ1v) is 7.59. The summed E-state index contributed by atoms with van der Waals surface area (Å²) >= 11 is 1.80. The van der Waals surface area contributed by atoms with Gasteiger partial charge >= 0.3 is 0 Å². The van der Waals surface area contributed by atoms with E-state index in [1.54, 1.807) is 11.8 Å². The van der Waals surface area contributed by atoms with E-state index in [9.17, 15) is 0 Å². The smallest absolute Gasteiger partial charge is 0.0990 e. The van der Waals surface area contributed by atoms with Crippen LogP contribution in [0, 0.1) is 6.92 Å². The van der Waals surface area contributed by atoms with E-state index in [4.69, 9.17) is 10.5 Å². The Kier molecular flexibility index (Phi) is 5.03. The molecule has 1 aromatic rings. The molecule has 0 saturated carbocycles. The molecule has 2 heterocycles. The maximum absolute atomic E-state index is 5.80. The predicted octanol–water partition coefficient (Wildman–Crippen LogP) is 2.55. The van der Waals surface area contributed by atoms with Crippen molar-refractivity contribution in [1.29, 1.82) is 0 Å². The van der Waals surface area contributed by atoms with E-state index >= 15 is 0 Å². The Bertz CT molecular complexity index is 389. The number of ether oxygens (including phenoxy) is 1. The predicted molar refractivity (Wildman–Crippen MR) is 76.0 cm³/mol. The number of rotatable bonds is 5. The van der Waals surface area contributed by atoms with Gasteiger partial charge in [0.05, 0.1) is 11.1 Å². The maximum atomic E-state index is 5.80. The van der Waals surface area contributed by atoms with Crippen LogP contribution in [0.3, 0.4) is 0 Å². The van der Waals surface area contributed by atoms with Gasteiger partial charge in [-0.25, -0.2) is 4.98 Å².